The normalized spacial score (nSPS) is 12.6. The largest absolute Gasteiger partial charge is 0.352 e. The van der Waals surface area contributed by atoms with Crippen LogP contribution in [-0.2, 0) is 29.0 Å². The fraction of sp³-hybridized carbons (Fsp3) is 0.310. The molecule has 0 saturated heterocycles. The summed E-state index contributed by atoms with van der Waals surface area (Å²) in [6, 6.07) is 22.2. The molecule has 3 aromatic carbocycles. The summed E-state index contributed by atoms with van der Waals surface area (Å²) < 4.78 is 0. The lowest BCUT2D eigenvalue weighted by atomic mass is 10.0. The van der Waals surface area contributed by atoms with E-state index < -0.39 is 6.04 Å². The van der Waals surface area contributed by atoms with Gasteiger partial charge in [0, 0.05) is 29.1 Å². The zero-order valence-electron chi connectivity index (χ0n) is 20.4. The molecule has 184 valence electrons. The number of aryl methyl sites for hydroxylation is 1. The molecule has 3 aromatic rings. The second-order valence-corrected chi connectivity index (χ2v) is 9.79. The number of nitrogens with one attached hydrogen (secondary N) is 1. The number of halogens is 2. The van der Waals surface area contributed by atoms with Crippen molar-refractivity contribution >= 4 is 35.0 Å². The lowest BCUT2D eigenvalue weighted by molar-refractivity contribution is -0.141. The molecule has 0 aromatic heterocycles. The summed E-state index contributed by atoms with van der Waals surface area (Å²) in [5.41, 5.74) is 3.76. The number of hydrogen-bond donors (Lipinski definition) is 1. The second-order valence-electron chi connectivity index (χ2n) is 8.94. The van der Waals surface area contributed by atoms with Crippen LogP contribution in [-0.4, -0.2) is 28.8 Å². The van der Waals surface area contributed by atoms with Crippen LogP contribution in [0.2, 0.25) is 10.0 Å². The third-order valence-electron chi connectivity index (χ3n) is 6.10. The summed E-state index contributed by atoms with van der Waals surface area (Å²) in [5.74, 6) is -0.333. The van der Waals surface area contributed by atoms with Crippen molar-refractivity contribution in [2.45, 2.75) is 58.7 Å². The topological polar surface area (TPSA) is 49.4 Å². The molecule has 0 aliphatic rings. The molecule has 35 heavy (non-hydrogen) atoms. The second kappa shape index (κ2) is 12.8. The Morgan fingerprint density at radius 2 is 1.63 bits per heavy atom. The van der Waals surface area contributed by atoms with E-state index >= 15 is 0 Å². The Morgan fingerprint density at radius 3 is 2.26 bits per heavy atom. The van der Waals surface area contributed by atoms with Crippen LogP contribution in [0.3, 0.4) is 0 Å². The summed E-state index contributed by atoms with van der Waals surface area (Å²) in [5, 5.41) is 4.03. The molecule has 3 rings (SSSR count). The van der Waals surface area contributed by atoms with Crippen molar-refractivity contribution in [2.24, 2.45) is 0 Å². The van der Waals surface area contributed by atoms with Gasteiger partial charge in [0.15, 0.2) is 0 Å². The van der Waals surface area contributed by atoms with Crippen molar-refractivity contribution in [2.75, 3.05) is 0 Å². The smallest absolute Gasteiger partial charge is 0.243 e. The van der Waals surface area contributed by atoms with Gasteiger partial charge in [0.05, 0.1) is 6.42 Å². The molecule has 0 heterocycles. The van der Waals surface area contributed by atoms with E-state index in [0.29, 0.717) is 28.6 Å². The number of amides is 2. The van der Waals surface area contributed by atoms with Gasteiger partial charge in [-0.15, -0.1) is 0 Å². The number of nitrogens with zero attached hydrogens (tertiary/aromatic N) is 1. The highest BCUT2D eigenvalue weighted by Crippen LogP contribution is 2.23. The predicted octanol–water partition coefficient (Wildman–Crippen LogP) is 6.40. The maximum atomic E-state index is 13.8. The Labute approximate surface area is 218 Å². The molecule has 0 spiro atoms. The van der Waals surface area contributed by atoms with E-state index in [1.54, 1.807) is 23.1 Å². The van der Waals surface area contributed by atoms with Gasteiger partial charge in [-0.1, -0.05) is 96.4 Å². The minimum absolute atomic E-state index is 0.00260. The molecule has 0 aliphatic carbocycles. The van der Waals surface area contributed by atoms with Gasteiger partial charge >= 0.3 is 0 Å². The molecule has 2 atom stereocenters. The molecule has 6 heteroatoms. The van der Waals surface area contributed by atoms with Crippen molar-refractivity contribution in [3.63, 3.8) is 0 Å². The fourth-order valence-electron chi connectivity index (χ4n) is 3.81. The first-order valence-corrected chi connectivity index (χ1v) is 12.7. The minimum Gasteiger partial charge on any atom is -0.352 e. The van der Waals surface area contributed by atoms with E-state index in [-0.39, 0.29) is 24.3 Å². The molecule has 0 unspecified atom stereocenters. The molecule has 0 aliphatic heterocycles. The van der Waals surface area contributed by atoms with Crippen molar-refractivity contribution in [3.8, 4) is 0 Å². The van der Waals surface area contributed by atoms with Crippen LogP contribution in [0.1, 0.15) is 42.5 Å². The van der Waals surface area contributed by atoms with E-state index in [0.717, 1.165) is 23.1 Å². The molecule has 2 amide bonds. The lowest BCUT2D eigenvalue weighted by Gasteiger charge is -2.32. The van der Waals surface area contributed by atoms with Gasteiger partial charge < -0.3 is 10.2 Å². The van der Waals surface area contributed by atoms with Gasteiger partial charge in [-0.05, 0) is 49.1 Å². The van der Waals surface area contributed by atoms with Gasteiger partial charge in [0.2, 0.25) is 11.8 Å². The number of carbonyl (C=O) groups excluding carboxylic acids is 2. The maximum absolute atomic E-state index is 13.8. The Morgan fingerprint density at radius 1 is 0.943 bits per heavy atom. The van der Waals surface area contributed by atoms with Crippen molar-refractivity contribution < 1.29 is 9.59 Å². The molecular formula is C29H32Cl2N2O2. The van der Waals surface area contributed by atoms with E-state index in [4.69, 9.17) is 23.2 Å². The van der Waals surface area contributed by atoms with Crippen LogP contribution in [0.4, 0.5) is 0 Å². The predicted molar refractivity (Wildman–Crippen MR) is 144 cm³/mol. The summed E-state index contributed by atoms with van der Waals surface area (Å²) in [4.78, 5) is 29.0. The van der Waals surface area contributed by atoms with Gasteiger partial charge in [-0.25, -0.2) is 0 Å². The highest BCUT2D eigenvalue weighted by molar-refractivity contribution is 6.35. The van der Waals surface area contributed by atoms with Crippen LogP contribution in [0.15, 0.2) is 72.8 Å². The summed E-state index contributed by atoms with van der Waals surface area (Å²) in [6.07, 6.45) is 1.29. The lowest BCUT2D eigenvalue weighted by Crippen LogP contribution is -2.52. The highest BCUT2D eigenvalue weighted by Gasteiger charge is 2.31. The first-order valence-electron chi connectivity index (χ1n) is 11.9. The Hall–Kier alpha value is -2.82. The Kier molecular flexibility index (Phi) is 9.76. The molecule has 0 saturated carbocycles. The van der Waals surface area contributed by atoms with Gasteiger partial charge in [-0.2, -0.15) is 0 Å². The number of hydrogen-bond acceptors (Lipinski definition) is 2. The average Bonchev–Trinajstić information content (AvgIpc) is 2.84. The van der Waals surface area contributed by atoms with Crippen LogP contribution in [0.5, 0.6) is 0 Å². The van der Waals surface area contributed by atoms with Crippen LogP contribution < -0.4 is 5.32 Å². The monoisotopic (exact) mass is 510 g/mol. The summed E-state index contributed by atoms with van der Waals surface area (Å²) >= 11 is 12.4. The van der Waals surface area contributed by atoms with Crippen molar-refractivity contribution in [1.29, 1.82) is 0 Å². The Balaban J connectivity index is 1.98. The molecule has 0 bridgehead atoms. The standard InChI is InChI=1S/C29H32Cl2N2O2/c1-4-21(3)32-29(35)27(16-22-8-6-5-7-9-22)33(19-23-12-10-20(2)11-13-23)28(34)17-24-14-15-25(30)18-26(24)31/h5-15,18,21,27H,4,16-17,19H2,1-3H3,(H,32,35)/t21-,27+/m0/s1. The van der Waals surface area contributed by atoms with Crippen LogP contribution in [0.25, 0.3) is 0 Å². The van der Waals surface area contributed by atoms with E-state index in [2.05, 4.69) is 5.32 Å². The van der Waals surface area contributed by atoms with Crippen molar-refractivity contribution in [1.82, 2.24) is 10.2 Å². The van der Waals surface area contributed by atoms with Crippen LogP contribution in [0, 0.1) is 6.92 Å². The summed E-state index contributed by atoms with van der Waals surface area (Å²) in [7, 11) is 0. The zero-order valence-corrected chi connectivity index (χ0v) is 21.9. The van der Waals surface area contributed by atoms with Gasteiger partial charge in [-0.3, -0.25) is 9.59 Å². The van der Waals surface area contributed by atoms with Gasteiger partial charge in [0.1, 0.15) is 6.04 Å². The quantitative estimate of drug-likeness (QED) is 0.343. The fourth-order valence-corrected chi connectivity index (χ4v) is 4.29. The first-order chi connectivity index (χ1) is 16.8. The molecule has 0 fully saturated rings. The number of benzene rings is 3. The third-order valence-corrected chi connectivity index (χ3v) is 6.69. The van der Waals surface area contributed by atoms with Crippen LogP contribution >= 0.6 is 23.2 Å². The highest BCUT2D eigenvalue weighted by atomic mass is 35.5. The first kappa shape index (κ1) is 26.8. The number of rotatable bonds is 10. The molecule has 0 radical (unpaired) electrons. The van der Waals surface area contributed by atoms with E-state index in [9.17, 15) is 9.59 Å². The maximum Gasteiger partial charge on any atom is 0.243 e. The third kappa shape index (κ3) is 7.84. The Bertz CT molecular complexity index is 1130. The van der Waals surface area contributed by atoms with E-state index in [1.807, 2.05) is 75.4 Å². The van der Waals surface area contributed by atoms with Gasteiger partial charge in [0.25, 0.3) is 0 Å². The molecule has 4 nitrogen and oxygen atoms in total. The van der Waals surface area contributed by atoms with Crippen molar-refractivity contribution in [3.05, 3.63) is 105 Å². The SMILES string of the molecule is CC[C@H](C)NC(=O)[C@@H](Cc1ccccc1)N(Cc1ccc(C)cc1)C(=O)Cc1ccc(Cl)cc1Cl. The molecular weight excluding hydrogens is 479 g/mol. The molecule has 1 N–H and O–H groups in total. The average molecular weight is 511 g/mol. The number of carbonyl (C=O) groups is 2. The zero-order chi connectivity index (χ0) is 25.4. The summed E-state index contributed by atoms with van der Waals surface area (Å²) in [6.45, 7) is 6.33. The minimum atomic E-state index is -0.675. The van der Waals surface area contributed by atoms with E-state index in [1.165, 1.54) is 0 Å².